The number of hydrogen-bond donors (Lipinski definition) is 2. The lowest BCUT2D eigenvalue weighted by atomic mass is 9.94. The maximum Gasteiger partial charge on any atom is 0.238 e. The molecule has 0 unspecified atom stereocenters. The van der Waals surface area contributed by atoms with Crippen LogP contribution in [0.2, 0.25) is 0 Å². The molecule has 33 heavy (non-hydrogen) atoms. The van der Waals surface area contributed by atoms with Gasteiger partial charge >= 0.3 is 0 Å². The Hall–Kier alpha value is -3.31. The normalized spacial score (nSPS) is 11.0. The molecule has 3 aromatic rings. The summed E-state index contributed by atoms with van der Waals surface area (Å²) < 4.78 is 15.2. The van der Waals surface area contributed by atoms with Gasteiger partial charge in [-0.3, -0.25) is 9.59 Å². The van der Waals surface area contributed by atoms with Gasteiger partial charge in [0.15, 0.2) is 5.78 Å². The summed E-state index contributed by atoms with van der Waals surface area (Å²) in [5, 5.41) is 5.87. The number of Topliss-reactive ketones (excluding diaryl/α,β-unsaturated/α-hetero) is 1. The van der Waals surface area contributed by atoms with Gasteiger partial charge in [0.05, 0.1) is 17.8 Å². The molecule has 5 heteroatoms. The molecule has 0 aliphatic carbocycles. The fraction of sp³-hybridized carbons (Fsp3) is 0.286. The second-order valence-corrected chi connectivity index (χ2v) is 8.59. The highest BCUT2D eigenvalue weighted by molar-refractivity contribution is 6.07. The Labute approximate surface area is 198 Å². The molecule has 4 nitrogen and oxygen atoms in total. The molecule has 0 heterocycles. The largest absolute Gasteiger partial charge is 0.324 e. The van der Waals surface area contributed by atoms with Gasteiger partial charge in [-0.05, 0) is 47.7 Å². The first-order chi connectivity index (χ1) is 15.8. The number of anilines is 1. The molecular formula is C28H35FN2O2. The number of nitrogens with one attached hydrogen (secondary N) is 2. The van der Waals surface area contributed by atoms with Gasteiger partial charge in [0.25, 0.3) is 0 Å². The molecule has 0 saturated heterocycles. The van der Waals surface area contributed by atoms with E-state index in [1.165, 1.54) is 6.07 Å². The predicted octanol–water partition coefficient (Wildman–Crippen LogP) is 6.42. The Balaban J connectivity index is 0.00000306. The van der Waals surface area contributed by atoms with E-state index in [0.29, 0.717) is 12.1 Å². The van der Waals surface area contributed by atoms with Gasteiger partial charge in [0.2, 0.25) is 5.91 Å². The van der Waals surface area contributed by atoms with Crippen LogP contribution < -0.4 is 10.6 Å². The minimum absolute atomic E-state index is 0. The number of hydrogen-bond acceptors (Lipinski definition) is 3. The highest BCUT2D eigenvalue weighted by Gasteiger charge is 2.22. The first-order valence-corrected chi connectivity index (χ1v) is 11.3. The fourth-order valence-corrected chi connectivity index (χ4v) is 3.72. The Kier molecular flexibility index (Phi) is 8.12. The quantitative estimate of drug-likeness (QED) is 0.370. The van der Waals surface area contributed by atoms with E-state index in [2.05, 4.69) is 17.6 Å². The Morgan fingerprint density at radius 2 is 1.70 bits per heavy atom. The molecule has 0 atom stereocenters. The van der Waals surface area contributed by atoms with Gasteiger partial charge < -0.3 is 10.6 Å². The van der Waals surface area contributed by atoms with E-state index in [1.807, 2.05) is 55.5 Å². The molecule has 3 aromatic carbocycles. The lowest BCUT2D eigenvalue weighted by Crippen LogP contribution is -2.28. The smallest absolute Gasteiger partial charge is 0.238 e. The van der Waals surface area contributed by atoms with E-state index in [9.17, 15) is 9.59 Å². The molecule has 0 aliphatic rings. The van der Waals surface area contributed by atoms with Crippen LogP contribution in [0, 0.1) is 18.7 Å². The number of rotatable bonds is 9. The molecule has 0 aliphatic heterocycles. The van der Waals surface area contributed by atoms with E-state index in [4.69, 9.17) is 0 Å². The molecule has 0 saturated carbocycles. The van der Waals surface area contributed by atoms with Gasteiger partial charge in [-0.15, -0.1) is 0 Å². The number of amides is 1. The van der Waals surface area contributed by atoms with Crippen LogP contribution in [0.25, 0.3) is 11.1 Å². The summed E-state index contributed by atoms with van der Waals surface area (Å²) in [5.41, 5.74) is 4.93. The van der Waals surface area contributed by atoms with Crippen molar-refractivity contribution in [2.45, 2.75) is 40.7 Å². The number of aryl methyl sites for hydroxylation is 2. The van der Waals surface area contributed by atoms with Crippen LogP contribution in [0.1, 0.15) is 50.7 Å². The van der Waals surface area contributed by atoms with Crippen LogP contribution in [0.15, 0.2) is 60.7 Å². The van der Waals surface area contributed by atoms with E-state index in [1.54, 1.807) is 19.9 Å². The van der Waals surface area contributed by atoms with E-state index < -0.39 is 11.7 Å². The van der Waals surface area contributed by atoms with E-state index in [-0.39, 0.29) is 32.3 Å². The van der Waals surface area contributed by atoms with Crippen LogP contribution in [0.3, 0.4) is 0 Å². The van der Waals surface area contributed by atoms with Crippen molar-refractivity contribution >= 4 is 17.4 Å². The van der Waals surface area contributed by atoms with Crippen molar-refractivity contribution in [1.82, 2.24) is 5.32 Å². The zero-order chi connectivity index (χ0) is 24.0. The molecular weight excluding hydrogens is 415 g/mol. The van der Waals surface area contributed by atoms with Crippen molar-refractivity contribution in [3.63, 3.8) is 0 Å². The monoisotopic (exact) mass is 450 g/mol. The summed E-state index contributed by atoms with van der Waals surface area (Å²) in [4.78, 5) is 25.4. The van der Waals surface area contributed by atoms with Crippen molar-refractivity contribution in [2.24, 2.45) is 5.92 Å². The molecule has 0 bridgehead atoms. The Bertz CT molecular complexity index is 1170. The highest BCUT2D eigenvalue weighted by Crippen LogP contribution is 2.30. The van der Waals surface area contributed by atoms with Gasteiger partial charge in [0.1, 0.15) is 5.82 Å². The van der Waals surface area contributed by atoms with Crippen LogP contribution >= 0.6 is 0 Å². The topological polar surface area (TPSA) is 58.2 Å². The van der Waals surface area contributed by atoms with Gasteiger partial charge in [0, 0.05) is 15.3 Å². The zero-order valence-corrected chi connectivity index (χ0v) is 19.7. The number of halogens is 1. The zero-order valence-electron chi connectivity index (χ0n) is 19.7. The second kappa shape index (κ2) is 11.0. The van der Waals surface area contributed by atoms with E-state index >= 15 is 4.39 Å². The van der Waals surface area contributed by atoms with E-state index in [0.717, 1.165) is 28.7 Å². The third-order valence-electron chi connectivity index (χ3n) is 5.50. The fourth-order valence-electron chi connectivity index (χ4n) is 3.72. The van der Waals surface area contributed by atoms with Gasteiger partial charge in [-0.25, -0.2) is 4.39 Å². The van der Waals surface area contributed by atoms with Crippen LogP contribution in [0.5, 0.6) is 0 Å². The van der Waals surface area contributed by atoms with Crippen LogP contribution in [0.4, 0.5) is 10.1 Å². The Morgan fingerprint density at radius 3 is 2.39 bits per heavy atom. The van der Waals surface area contributed by atoms with Crippen molar-refractivity contribution in [3.8, 4) is 11.1 Å². The number of benzene rings is 3. The molecule has 0 aromatic heterocycles. The maximum atomic E-state index is 15.2. The average molecular weight is 451 g/mol. The SMILES string of the molecule is CCc1cccc(-c2cc(F)c(C(=O)C(C)C)c(NC(=O)CNCc3cccc(C)c3)c2)c1.[HH].[HH]. The van der Waals surface area contributed by atoms with Crippen molar-refractivity contribution < 1.29 is 16.8 Å². The molecule has 2 N–H and O–H groups in total. The number of carbonyl (C=O) groups excluding carboxylic acids is 2. The average Bonchev–Trinajstić information content (AvgIpc) is 2.78. The summed E-state index contributed by atoms with van der Waals surface area (Å²) in [6.45, 7) is 8.08. The molecule has 1 amide bonds. The molecule has 176 valence electrons. The third-order valence-corrected chi connectivity index (χ3v) is 5.50. The summed E-state index contributed by atoms with van der Waals surface area (Å²) in [5.74, 6) is -1.70. The summed E-state index contributed by atoms with van der Waals surface area (Å²) in [6, 6.07) is 18.9. The van der Waals surface area contributed by atoms with Crippen molar-refractivity contribution in [2.75, 3.05) is 11.9 Å². The molecule has 0 spiro atoms. The minimum atomic E-state index is -0.629. The molecule has 0 fully saturated rings. The first kappa shape index (κ1) is 24.3. The molecule has 3 rings (SSSR count). The third kappa shape index (κ3) is 6.36. The number of ketones is 1. The summed E-state index contributed by atoms with van der Waals surface area (Å²) in [6.07, 6.45) is 0.858. The van der Waals surface area contributed by atoms with Crippen LogP contribution in [-0.4, -0.2) is 18.2 Å². The first-order valence-electron chi connectivity index (χ1n) is 11.3. The standard InChI is InChI=1S/C28H31FN2O2.2H2/c1-5-20-9-7-11-22(13-20)23-14-24(29)27(28(33)18(2)3)25(15-23)31-26(32)17-30-16-21-10-6-8-19(4)12-21;;/h6-15,18,30H,5,16-17H2,1-4H3,(H,31,32);2*1H. The second-order valence-electron chi connectivity index (χ2n) is 8.59. The Morgan fingerprint density at radius 1 is 0.970 bits per heavy atom. The maximum absolute atomic E-state index is 15.2. The number of carbonyl (C=O) groups is 2. The molecule has 0 radical (unpaired) electrons. The van der Waals surface area contributed by atoms with Crippen LogP contribution in [-0.2, 0) is 17.8 Å². The predicted molar refractivity (Wildman–Crippen MR) is 136 cm³/mol. The minimum Gasteiger partial charge on any atom is -0.324 e. The lowest BCUT2D eigenvalue weighted by Gasteiger charge is -2.16. The highest BCUT2D eigenvalue weighted by atomic mass is 19.1. The summed E-state index contributed by atoms with van der Waals surface area (Å²) >= 11 is 0. The van der Waals surface area contributed by atoms with Crippen molar-refractivity contribution in [3.05, 3.63) is 88.7 Å². The van der Waals surface area contributed by atoms with Crippen molar-refractivity contribution in [1.29, 1.82) is 0 Å². The van der Waals surface area contributed by atoms with Gasteiger partial charge in [-0.2, -0.15) is 0 Å². The summed E-state index contributed by atoms with van der Waals surface area (Å²) in [7, 11) is 0. The lowest BCUT2D eigenvalue weighted by molar-refractivity contribution is -0.115. The van der Waals surface area contributed by atoms with Gasteiger partial charge in [-0.1, -0.05) is 74.9 Å².